The molecule has 1 amide bonds. The number of carboxylic acids is 1. The summed E-state index contributed by atoms with van der Waals surface area (Å²) in [6, 6.07) is 1.95. The molecule has 1 heterocycles. The maximum absolute atomic E-state index is 12.4. The molecule has 0 atom stereocenters. The fourth-order valence-corrected chi connectivity index (χ4v) is 2.33. The van der Waals surface area contributed by atoms with E-state index in [0.29, 0.717) is 23.3 Å². The molecule has 1 fully saturated rings. The predicted octanol–water partition coefficient (Wildman–Crippen LogP) is 2.41. The van der Waals surface area contributed by atoms with Crippen molar-refractivity contribution in [2.75, 3.05) is 13.1 Å². The first-order chi connectivity index (χ1) is 9.02. The Morgan fingerprint density at radius 1 is 1.53 bits per heavy atom. The number of carboxylic acid groups (broad SMARTS) is 1. The highest BCUT2D eigenvalue weighted by atomic mass is 35.5. The van der Waals surface area contributed by atoms with Gasteiger partial charge in [-0.2, -0.15) is 0 Å². The fraction of sp³-hybridized carbons (Fsp3) is 0.538. The summed E-state index contributed by atoms with van der Waals surface area (Å²) >= 11 is 5.96. The molecular weight excluding hydrogens is 268 g/mol. The van der Waals surface area contributed by atoms with Gasteiger partial charge in [-0.05, 0) is 25.3 Å². The Kier molecular flexibility index (Phi) is 4.14. The zero-order chi connectivity index (χ0) is 14.0. The van der Waals surface area contributed by atoms with E-state index in [4.69, 9.17) is 16.7 Å². The van der Waals surface area contributed by atoms with Gasteiger partial charge in [-0.3, -0.25) is 9.59 Å². The highest BCUT2D eigenvalue weighted by molar-refractivity contribution is 6.31. The minimum absolute atomic E-state index is 0.261. The lowest BCUT2D eigenvalue weighted by Gasteiger charge is -2.20. The molecule has 1 aromatic heterocycles. The summed E-state index contributed by atoms with van der Waals surface area (Å²) in [5.74, 6) is -1.26. The summed E-state index contributed by atoms with van der Waals surface area (Å²) in [5, 5.41) is 9.39. The molecule has 1 N–H and O–H groups in total. The average molecular weight is 285 g/mol. The van der Waals surface area contributed by atoms with Crippen molar-refractivity contribution in [2.45, 2.75) is 32.2 Å². The molecule has 0 aliphatic heterocycles. The standard InChI is InChI=1S/C13H17ClN2O3/c1-2-5-15(8-12(17)18)13(19)11-6-9(14)7-16(11)10-3-4-10/h6-7,10H,2-5,8H2,1H3,(H,17,18). The number of carbonyl (C=O) groups is 2. The van der Waals surface area contributed by atoms with Crippen molar-refractivity contribution in [3.63, 3.8) is 0 Å². The summed E-state index contributed by atoms with van der Waals surface area (Å²) in [4.78, 5) is 24.6. The number of hydrogen-bond acceptors (Lipinski definition) is 2. The molecule has 1 aromatic rings. The number of rotatable bonds is 6. The topological polar surface area (TPSA) is 62.5 Å². The number of aromatic nitrogens is 1. The highest BCUT2D eigenvalue weighted by Gasteiger charge is 2.29. The first-order valence-corrected chi connectivity index (χ1v) is 6.79. The minimum Gasteiger partial charge on any atom is -0.480 e. The smallest absolute Gasteiger partial charge is 0.323 e. The molecule has 5 nitrogen and oxygen atoms in total. The third-order valence-electron chi connectivity index (χ3n) is 3.08. The number of carbonyl (C=O) groups excluding carboxylic acids is 1. The van der Waals surface area contributed by atoms with E-state index < -0.39 is 5.97 Å². The molecule has 19 heavy (non-hydrogen) atoms. The molecule has 1 aliphatic carbocycles. The third-order valence-corrected chi connectivity index (χ3v) is 3.29. The van der Waals surface area contributed by atoms with E-state index in [1.54, 1.807) is 12.3 Å². The summed E-state index contributed by atoms with van der Waals surface area (Å²) in [5.41, 5.74) is 0.488. The van der Waals surface area contributed by atoms with Gasteiger partial charge >= 0.3 is 5.97 Å². The molecule has 104 valence electrons. The number of nitrogens with zero attached hydrogens (tertiary/aromatic N) is 2. The molecule has 6 heteroatoms. The van der Waals surface area contributed by atoms with Crippen molar-refractivity contribution in [3.05, 3.63) is 23.0 Å². The molecule has 0 unspecified atom stereocenters. The van der Waals surface area contributed by atoms with Crippen LogP contribution in [0, 0.1) is 0 Å². The van der Waals surface area contributed by atoms with Crippen molar-refractivity contribution in [1.29, 1.82) is 0 Å². The second-order valence-electron chi connectivity index (χ2n) is 4.80. The zero-order valence-corrected chi connectivity index (χ0v) is 11.6. The van der Waals surface area contributed by atoms with E-state index in [1.807, 2.05) is 11.5 Å². The Bertz CT molecular complexity index is 494. The Labute approximate surface area is 116 Å². The second-order valence-corrected chi connectivity index (χ2v) is 5.24. The van der Waals surface area contributed by atoms with Gasteiger partial charge in [0.2, 0.25) is 0 Å². The van der Waals surface area contributed by atoms with E-state index in [2.05, 4.69) is 0 Å². The second kappa shape index (κ2) is 5.65. The first-order valence-electron chi connectivity index (χ1n) is 6.41. The molecule has 2 rings (SSSR count). The Morgan fingerprint density at radius 2 is 2.21 bits per heavy atom. The summed E-state index contributed by atoms with van der Waals surface area (Å²) < 4.78 is 1.87. The minimum atomic E-state index is -1.00. The van der Waals surface area contributed by atoms with E-state index in [0.717, 1.165) is 19.3 Å². The molecule has 0 spiro atoms. The van der Waals surface area contributed by atoms with E-state index in [9.17, 15) is 9.59 Å². The molecule has 0 bridgehead atoms. The van der Waals surface area contributed by atoms with E-state index in [-0.39, 0.29) is 12.5 Å². The Balaban J connectivity index is 2.22. The van der Waals surface area contributed by atoms with Crippen molar-refractivity contribution >= 4 is 23.5 Å². The van der Waals surface area contributed by atoms with Crippen molar-refractivity contribution < 1.29 is 14.7 Å². The maximum Gasteiger partial charge on any atom is 0.323 e. The van der Waals surface area contributed by atoms with Crippen LogP contribution < -0.4 is 0 Å². The summed E-state index contributed by atoms with van der Waals surface area (Å²) in [6.07, 6.45) is 4.55. The summed E-state index contributed by atoms with van der Waals surface area (Å²) in [6.45, 7) is 2.06. The van der Waals surface area contributed by atoms with Crippen LogP contribution in [0.2, 0.25) is 5.02 Å². The quantitative estimate of drug-likeness (QED) is 0.872. The van der Waals surface area contributed by atoms with Gasteiger partial charge in [-0.25, -0.2) is 0 Å². The van der Waals surface area contributed by atoms with Crippen molar-refractivity contribution in [3.8, 4) is 0 Å². The van der Waals surface area contributed by atoms with Crippen LogP contribution in [0.1, 0.15) is 42.7 Å². The third kappa shape index (κ3) is 3.29. The Hall–Kier alpha value is -1.49. The number of aliphatic carboxylic acids is 1. The molecule has 0 saturated heterocycles. The van der Waals surface area contributed by atoms with Gasteiger partial charge in [0, 0.05) is 18.8 Å². The lowest BCUT2D eigenvalue weighted by atomic mass is 10.3. The van der Waals surface area contributed by atoms with E-state index >= 15 is 0 Å². The normalized spacial score (nSPS) is 14.4. The van der Waals surface area contributed by atoms with Crippen molar-refractivity contribution in [2.24, 2.45) is 0 Å². The van der Waals surface area contributed by atoms with Gasteiger partial charge in [0.15, 0.2) is 0 Å². The lowest BCUT2D eigenvalue weighted by Crippen LogP contribution is -2.37. The summed E-state index contributed by atoms with van der Waals surface area (Å²) in [7, 11) is 0. The van der Waals surface area contributed by atoms with Crippen LogP contribution in [-0.4, -0.2) is 39.5 Å². The van der Waals surface area contributed by atoms with Crippen LogP contribution in [0.25, 0.3) is 0 Å². The number of hydrogen-bond donors (Lipinski definition) is 1. The molecule has 0 radical (unpaired) electrons. The largest absolute Gasteiger partial charge is 0.480 e. The molecule has 0 aromatic carbocycles. The van der Waals surface area contributed by atoms with Crippen LogP contribution in [0.15, 0.2) is 12.3 Å². The predicted molar refractivity (Wildman–Crippen MR) is 71.5 cm³/mol. The first kappa shape index (κ1) is 13.9. The van der Waals surface area contributed by atoms with Crippen LogP contribution in [0.3, 0.4) is 0 Å². The fourth-order valence-electron chi connectivity index (χ4n) is 2.12. The maximum atomic E-state index is 12.4. The van der Waals surface area contributed by atoms with E-state index in [1.165, 1.54) is 4.90 Å². The van der Waals surface area contributed by atoms with Gasteiger partial charge in [0.25, 0.3) is 5.91 Å². The van der Waals surface area contributed by atoms with Crippen molar-refractivity contribution in [1.82, 2.24) is 9.47 Å². The number of halogens is 1. The van der Waals surface area contributed by atoms with Gasteiger partial charge in [-0.15, -0.1) is 0 Å². The van der Waals surface area contributed by atoms with Crippen LogP contribution >= 0.6 is 11.6 Å². The lowest BCUT2D eigenvalue weighted by molar-refractivity contribution is -0.137. The molecule has 1 aliphatic rings. The number of amides is 1. The van der Waals surface area contributed by atoms with Gasteiger partial charge in [-0.1, -0.05) is 18.5 Å². The van der Waals surface area contributed by atoms with Crippen LogP contribution in [0.5, 0.6) is 0 Å². The monoisotopic (exact) mass is 284 g/mol. The van der Waals surface area contributed by atoms with Crippen LogP contribution in [0.4, 0.5) is 0 Å². The van der Waals surface area contributed by atoms with Gasteiger partial charge in [0.05, 0.1) is 5.02 Å². The average Bonchev–Trinajstić information content (AvgIpc) is 3.10. The SMILES string of the molecule is CCCN(CC(=O)O)C(=O)c1cc(Cl)cn1C1CC1. The molecular formula is C13H17ClN2O3. The van der Waals surface area contributed by atoms with Crippen LogP contribution in [-0.2, 0) is 4.79 Å². The highest BCUT2D eigenvalue weighted by Crippen LogP contribution is 2.37. The Morgan fingerprint density at radius 3 is 2.74 bits per heavy atom. The molecule has 1 saturated carbocycles. The van der Waals surface area contributed by atoms with Gasteiger partial charge < -0.3 is 14.6 Å². The van der Waals surface area contributed by atoms with Gasteiger partial charge in [0.1, 0.15) is 12.2 Å². The zero-order valence-electron chi connectivity index (χ0n) is 10.8.